The smallest absolute Gasteiger partial charge is 0.240 e. The summed E-state index contributed by atoms with van der Waals surface area (Å²) in [4.78, 5) is 26.0. The molecule has 0 atom stereocenters. The first-order chi connectivity index (χ1) is 11.5. The van der Waals surface area contributed by atoms with Crippen LogP contribution in [0.15, 0.2) is 48.5 Å². The fraction of sp³-hybridized carbons (Fsp3) is 0.300. The Hall–Kier alpha value is -2.62. The standard InChI is InChI=1S/C20H24N2O2/c1-4-18-12-8-9-15(2)20(18)22(16(3)23)14-19(24)21-13-17-10-6-5-7-11-17/h5-12H,4,13-14H2,1-3H3,(H,21,24). The quantitative estimate of drug-likeness (QED) is 0.887. The van der Waals surface area contributed by atoms with E-state index in [4.69, 9.17) is 0 Å². The van der Waals surface area contributed by atoms with Gasteiger partial charge in [-0.1, -0.05) is 55.5 Å². The molecule has 0 unspecified atom stereocenters. The molecule has 0 aromatic heterocycles. The van der Waals surface area contributed by atoms with Gasteiger partial charge in [0.05, 0.1) is 5.69 Å². The number of para-hydroxylation sites is 1. The first-order valence-corrected chi connectivity index (χ1v) is 8.20. The largest absolute Gasteiger partial charge is 0.350 e. The molecule has 0 saturated carbocycles. The van der Waals surface area contributed by atoms with Gasteiger partial charge in [-0.25, -0.2) is 0 Å². The second-order valence-corrected chi connectivity index (χ2v) is 5.80. The van der Waals surface area contributed by atoms with Crippen LogP contribution in [0.3, 0.4) is 0 Å². The topological polar surface area (TPSA) is 49.4 Å². The minimum atomic E-state index is -0.167. The van der Waals surface area contributed by atoms with Gasteiger partial charge in [0, 0.05) is 13.5 Å². The number of carbonyl (C=O) groups is 2. The maximum absolute atomic E-state index is 12.3. The van der Waals surface area contributed by atoms with Gasteiger partial charge in [0.25, 0.3) is 0 Å². The van der Waals surface area contributed by atoms with E-state index in [-0.39, 0.29) is 18.4 Å². The zero-order valence-electron chi connectivity index (χ0n) is 14.5. The number of carbonyl (C=O) groups excluding carboxylic acids is 2. The zero-order valence-corrected chi connectivity index (χ0v) is 14.5. The summed E-state index contributed by atoms with van der Waals surface area (Å²) in [6, 6.07) is 15.7. The Kier molecular flexibility index (Phi) is 6.13. The lowest BCUT2D eigenvalue weighted by Crippen LogP contribution is -2.40. The molecule has 0 spiro atoms. The lowest BCUT2D eigenvalue weighted by molar-refractivity contribution is -0.123. The molecule has 1 N–H and O–H groups in total. The highest BCUT2D eigenvalue weighted by molar-refractivity contribution is 5.98. The Morgan fingerprint density at radius 1 is 1.04 bits per heavy atom. The first-order valence-electron chi connectivity index (χ1n) is 8.20. The van der Waals surface area contributed by atoms with Crippen LogP contribution in [-0.4, -0.2) is 18.4 Å². The highest BCUT2D eigenvalue weighted by atomic mass is 16.2. The average Bonchev–Trinajstić information content (AvgIpc) is 2.58. The van der Waals surface area contributed by atoms with Crippen molar-refractivity contribution in [2.45, 2.75) is 33.7 Å². The van der Waals surface area contributed by atoms with E-state index in [1.54, 1.807) is 4.90 Å². The molecule has 0 radical (unpaired) electrons. The number of hydrogen-bond donors (Lipinski definition) is 1. The number of amides is 2. The van der Waals surface area contributed by atoms with E-state index in [0.717, 1.165) is 28.8 Å². The summed E-state index contributed by atoms with van der Waals surface area (Å²) in [6.45, 7) is 5.99. The highest BCUT2D eigenvalue weighted by Gasteiger charge is 2.19. The molecule has 24 heavy (non-hydrogen) atoms. The molecule has 0 aliphatic rings. The minimum Gasteiger partial charge on any atom is -0.350 e. The normalized spacial score (nSPS) is 10.3. The maximum atomic E-state index is 12.3. The Bertz CT molecular complexity index is 711. The SMILES string of the molecule is CCc1cccc(C)c1N(CC(=O)NCc1ccccc1)C(C)=O. The summed E-state index contributed by atoms with van der Waals surface area (Å²) in [5.74, 6) is -0.298. The number of aryl methyl sites for hydroxylation is 2. The molecule has 4 nitrogen and oxygen atoms in total. The van der Waals surface area contributed by atoms with Gasteiger partial charge >= 0.3 is 0 Å². The summed E-state index contributed by atoms with van der Waals surface area (Å²) in [6.07, 6.45) is 0.812. The van der Waals surface area contributed by atoms with Crippen molar-refractivity contribution in [1.82, 2.24) is 5.32 Å². The molecule has 2 amide bonds. The van der Waals surface area contributed by atoms with Crippen molar-refractivity contribution >= 4 is 17.5 Å². The fourth-order valence-electron chi connectivity index (χ4n) is 2.74. The van der Waals surface area contributed by atoms with Gasteiger partial charge in [-0.2, -0.15) is 0 Å². The van der Waals surface area contributed by atoms with Crippen LogP contribution >= 0.6 is 0 Å². The third-order valence-electron chi connectivity index (χ3n) is 3.99. The van der Waals surface area contributed by atoms with E-state index in [1.165, 1.54) is 6.92 Å². The second-order valence-electron chi connectivity index (χ2n) is 5.80. The van der Waals surface area contributed by atoms with E-state index in [0.29, 0.717) is 6.54 Å². The van der Waals surface area contributed by atoms with Crippen LogP contribution in [0.2, 0.25) is 0 Å². The first kappa shape index (κ1) is 17.7. The van der Waals surface area contributed by atoms with E-state index in [9.17, 15) is 9.59 Å². The van der Waals surface area contributed by atoms with Crippen molar-refractivity contribution in [2.75, 3.05) is 11.4 Å². The van der Waals surface area contributed by atoms with Crippen molar-refractivity contribution in [1.29, 1.82) is 0 Å². The molecule has 0 aliphatic carbocycles. The molecular weight excluding hydrogens is 300 g/mol. The van der Waals surface area contributed by atoms with Crippen LogP contribution in [0.4, 0.5) is 5.69 Å². The molecule has 0 fully saturated rings. The van der Waals surface area contributed by atoms with Crippen LogP contribution < -0.4 is 10.2 Å². The molecule has 0 saturated heterocycles. The fourth-order valence-corrected chi connectivity index (χ4v) is 2.74. The van der Waals surface area contributed by atoms with E-state index >= 15 is 0 Å². The average molecular weight is 324 g/mol. The van der Waals surface area contributed by atoms with Gasteiger partial charge in [0.1, 0.15) is 6.54 Å². The van der Waals surface area contributed by atoms with Gasteiger partial charge in [-0.05, 0) is 30.0 Å². The van der Waals surface area contributed by atoms with Crippen LogP contribution in [-0.2, 0) is 22.6 Å². The van der Waals surface area contributed by atoms with Crippen molar-refractivity contribution < 1.29 is 9.59 Å². The zero-order chi connectivity index (χ0) is 17.5. The number of benzene rings is 2. The molecular formula is C20H24N2O2. The predicted molar refractivity (Wildman–Crippen MR) is 96.9 cm³/mol. The summed E-state index contributed by atoms with van der Waals surface area (Å²) < 4.78 is 0. The molecule has 4 heteroatoms. The molecule has 2 aromatic rings. The molecule has 126 valence electrons. The molecule has 0 bridgehead atoms. The Morgan fingerprint density at radius 2 is 1.75 bits per heavy atom. The van der Waals surface area contributed by atoms with Gasteiger partial charge in [-0.3, -0.25) is 9.59 Å². The van der Waals surface area contributed by atoms with E-state index < -0.39 is 0 Å². The van der Waals surface area contributed by atoms with Gasteiger partial charge in [0.15, 0.2) is 0 Å². The Labute approximate surface area is 143 Å². The summed E-state index contributed by atoms with van der Waals surface area (Å²) in [7, 11) is 0. The third kappa shape index (κ3) is 4.44. The number of nitrogens with zero attached hydrogens (tertiary/aromatic N) is 1. The predicted octanol–water partition coefficient (Wildman–Crippen LogP) is 3.23. The van der Waals surface area contributed by atoms with Crippen molar-refractivity contribution in [3.8, 4) is 0 Å². The van der Waals surface area contributed by atoms with Gasteiger partial charge < -0.3 is 10.2 Å². The Balaban J connectivity index is 2.12. The third-order valence-corrected chi connectivity index (χ3v) is 3.99. The summed E-state index contributed by atoms with van der Waals surface area (Å²) in [5.41, 5.74) is 3.95. The second kappa shape index (κ2) is 8.29. The van der Waals surface area contributed by atoms with Gasteiger partial charge in [-0.15, -0.1) is 0 Å². The molecule has 2 aromatic carbocycles. The monoisotopic (exact) mass is 324 g/mol. The number of nitrogens with one attached hydrogen (secondary N) is 1. The van der Waals surface area contributed by atoms with Crippen molar-refractivity contribution in [3.63, 3.8) is 0 Å². The van der Waals surface area contributed by atoms with Crippen LogP contribution in [0, 0.1) is 6.92 Å². The van der Waals surface area contributed by atoms with Crippen LogP contribution in [0.5, 0.6) is 0 Å². The van der Waals surface area contributed by atoms with Gasteiger partial charge in [0.2, 0.25) is 11.8 Å². The summed E-state index contributed by atoms with van der Waals surface area (Å²) in [5, 5.41) is 2.88. The lowest BCUT2D eigenvalue weighted by atomic mass is 10.0. The highest BCUT2D eigenvalue weighted by Crippen LogP contribution is 2.25. The number of rotatable bonds is 6. The maximum Gasteiger partial charge on any atom is 0.240 e. The molecule has 0 heterocycles. The number of anilines is 1. The van der Waals surface area contributed by atoms with Crippen molar-refractivity contribution in [2.24, 2.45) is 0 Å². The molecule has 0 aliphatic heterocycles. The number of hydrogen-bond acceptors (Lipinski definition) is 2. The van der Waals surface area contributed by atoms with Crippen LogP contribution in [0.25, 0.3) is 0 Å². The van der Waals surface area contributed by atoms with Crippen molar-refractivity contribution in [3.05, 3.63) is 65.2 Å². The summed E-state index contributed by atoms with van der Waals surface area (Å²) >= 11 is 0. The lowest BCUT2D eigenvalue weighted by Gasteiger charge is -2.25. The van der Waals surface area contributed by atoms with E-state index in [2.05, 4.69) is 5.32 Å². The minimum absolute atomic E-state index is 0.0278. The van der Waals surface area contributed by atoms with Crippen LogP contribution in [0.1, 0.15) is 30.5 Å². The Morgan fingerprint density at radius 3 is 2.38 bits per heavy atom. The van der Waals surface area contributed by atoms with E-state index in [1.807, 2.05) is 62.4 Å². The molecule has 2 rings (SSSR count).